The average molecular weight is 312 g/mol. The maximum Gasteiger partial charge on any atom is 0.240 e. The largest absolute Gasteiger partial charge is 0.392 e. The van der Waals surface area contributed by atoms with Crippen molar-refractivity contribution < 1.29 is 13.5 Å². The molecule has 6 heteroatoms. The molecule has 0 saturated carbocycles. The number of hydrogen-bond acceptors (Lipinski definition) is 4. The van der Waals surface area contributed by atoms with E-state index in [-0.39, 0.29) is 17.5 Å². The second kappa shape index (κ2) is 6.87. The molecule has 0 spiro atoms. The lowest BCUT2D eigenvalue weighted by Crippen LogP contribution is -2.44. The molecule has 21 heavy (non-hydrogen) atoms. The predicted octanol–water partition coefficient (Wildman–Crippen LogP) is 1.25. The molecule has 2 rings (SSSR count). The third kappa shape index (κ3) is 4.03. The van der Waals surface area contributed by atoms with Gasteiger partial charge in [0.05, 0.1) is 11.5 Å². The van der Waals surface area contributed by atoms with Gasteiger partial charge in [-0.2, -0.15) is 0 Å². The Morgan fingerprint density at radius 1 is 1.38 bits per heavy atom. The van der Waals surface area contributed by atoms with Crippen LogP contribution in [0.5, 0.6) is 0 Å². The number of aryl methyl sites for hydroxylation is 1. The highest BCUT2D eigenvalue weighted by atomic mass is 32.2. The molecule has 1 heterocycles. The third-order valence-corrected chi connectivity index (χ3v) is 5.65. The molecular formula is C15H24N2O3S. The number of nitrogens with one attached hydrogen (secondary N) is 1. The maximum absolute atomic E-state index is 12.3. The molecule has 1 aliphatic rings. The van der Waals surface area contributed by atoms with Crippen molar-refractivity contribution in [2.24, 2.45) is 0 Å². The van der Waals surface area contributed by atoms with Crippen LogP contribution in [0.15, 0.2) is 23.1 Å². The molecule has 1 saturated heterocycles. The minimum absolute atomic E-state index is 0.152. The summed E-state index contributed by atoms with van der Waals surface area (Å²) < 4.78 is 27.4. The maximum atomic E-state index is 12.3. The van der Waals surface area contributed by atoms with Crippen molar-refractivity contribution in [2.75, 3.05) is 20.1 Å². The molecule has 1 aliphatic heterocycles. The van der Waals surface area contributed by atoms with E-state index in [0.717, 1.165) is 24.9 Å². The molecule has 1 unspecified atom stereocenters. The summed E-state index contributed by atoms with van der Waals surface area (Å²) in [4.78, 5) is 2.43. The quantitative estimate of drug-likeness (QED) is 0.858. The highest BCUT2D eigenvalue weighted by Crippen LogP contribution is 2.17. The molecular weight excluding hydrogens is 288 g/mol. The van der Waals surface area contributed by atoms with Crippen LogP contribution in [-0.2, 0) is 16.6 Å². The zero-order valence-electron chi connectivity index (χ0n) is 12.7. The molecule has 118 valence electrons. The van der Waals surface area contributed by atoms with Gasteiger partial charge in [-0.1, -0.05) is 12.5 Å². The molecule has 2 N–H and O–H groups in total. The van der Waals surface area contributed by atoms with Crippen LogP contribution >= 0.6 is 0 Å². The number of aliphatic hydroxyl groups excluding tert-OH is 1. The molecule has 0 bridgehead atoms. The van der Waals surface area contributed by atoms with E-state index in [4.69, 9.17) is 0 Å². The summed E-state index contributed by atoms with van der Waals surface area (Å²) in [6.45, 7) is 3.15. The fourth-order valence-corrected chi connectivity index (χ4v) is 3.80. The summed E-state index contributed by atoms with van der Waals surface area (Å²) in [7, 11) is -1.48. The van der Waals surface area contributed by atoms with E-state index in [9.17, 15) is 13.5 Å². The van der Waals surface area contributed by atoms with E-state index in [2.05, 4.69) is 9.62 Å². The predicted molar refractivity (Wildman–Crippen MR) is 82.6 cm³/mol. The molecule has 5 nitrogen and oxygen atoms in total. The standard InChI is InChI=1S/C15H24N2O3S/c1-12-6-7-15(9-13(12)11-18)21(19,20)16-10-14-5-3-4-8-17(14)2/h6-7,9,14,16,18H,3-5,8,10-11H2,1-2H3. The Bertz CT molecular complexity index is 587. The Kier molecular flexibility index (Phi) is 5.37. The monoisotopic (exact) mass is 312 g/mol. The Balaban J connectivity index is 2.07. The van der Waals surface area contributed by atoms with Gasteiger partial charge in [-0.25, -0.2) is 13.1 Å². The highest BCUT2D eigenvalue weighted by Gasteiger charge is 2.22. The number of piperidine rings is 1. The number of benzene rings is 1. The number of aliphatic hydroxyl groups is 1. The Morgan fingerprint density at radius 3 is 2.81 bits per heavy atom. The van der Waals surface area contributed by atoms with Crippen molar-refractivity contribution in [3.63, 3.8) is 0 Å². The van der Waals surface area contributed by atoms with Crippen molar-refractivity contribution in [1.82, 2.24) is 9.62 Å². The Labute approximate surface area is 127 Å². The van der Waals surface area contributed by atoms with E-state index < -0.39 is 10.0 Å². The van der Waals surface area contributed by atoms with Gasteiger partial charge >= 0.3 is 0 Å². The average Bonchev–Trinajstić information content (AvgIpc) is 2.46. The zero-order valence-corrected chi connectivity index (χ0v) is 13.5. The summed E-state index contributed by atoms with van der Waals surface area (Å²) in [6.07, 6.45) is 3.35. The molecule has 0 aromatic heterocycles. The number of hydrogen-bond donors (Lipinski definition) is 2. The number of likely N-dealkylation sites (tertiary alicyclic amines) is 1. The SMILES string of the molecule is Cc1ccc(S(=O)(=O)NCC2CCCCN2C)cc1CO. The van der Waals surface area contributed by atoms with Crippen LogP contribution in [0, 0.1) is 6.92 Å². The minimum atomic E-state index is -3.52. The van der Waals surface area contributed by atoms with E-state index in [1.54, 1.807) is 18.2 Å². The van der Waals surface area contributed by atoms with Crippen LogP contribution in [0.2, 0.25) is 0 Å². The van der Waals surface area contributed by atoms with E-state index in [1.807, 2.05) is 14.0 Å². The van der Waals surface area contributed by atoms with E-state index >= 15 is 0 Å². The summed E-state index contributed by atoms with van der Waals surface area (Å²) >= 11 is 0. The number of nitrogens with zero attached hydrogens (tertiary/aromatic N) is 1. The zero-order chi connectivity index (χ0) is 15.5. The third-order valence-electron chi connectivity index (χ3n) is 4.23. The van der Waals surface area contributed by atoms with Gasteiger partial charge in [0.2, 0.25) is 10.0 Å². The van der Waals surface area contributed by atoms with Gasteiger partial charge in [0.15, 0.2) is 0 Å². The van der Waals surface area contributed by atoms with Crippen molar-refractivity contribution >= 4 is 10.0 Å². The van der Waals surface area contributed by atoms with Crippen molar-refractivity contribution in [2.45, 2.75) is 43.7 Å². The van der Waals surface area contributed by atoms with Gasteiger partial charge in [-0.3, -0.25) is 0 Å². The summed E-state index contributed by atoms with van der Waals surface area (Å²) in [5.41, 5.74) is 1.54. The number of sulfonamides is 1. The van der Waals surface area contributed by atoms with Crippen molar-refractivity contribution in [3.05, 3.63) is 29.3 Å². The van der Waals surface area contributed by atoms with E-state index in [1.165, 1.54) is 6.42 Å². The van der Waals surface area contributed by atoms with Crippen LogP contribution in [0.1, 0.15) is 30.4 Å². The first-order valence-corrected chi connectivity index (χ1v) is 8.82. The Hall–Kier alpha value is -0.950. The molecule has 1 aromatic carbocycles. The fraction of sp³-hybridized carbons (Fsp3) is 0.600. The first-order valence-electron chi connectivity index (χ1n) is 7.34. The lowest BCUT2D eigenvalue weighted by Gasteiger charge is -2.32. The molecule has 0 aliphatic carbocycles. The first-order chi connectivity index (χ1) is 9.94. The molecule has 0 radical (unpaired) electrons. The van der Waals surface area contributed by atoms with Gasteiger partial charge in [0, 0.05) is 12.6 Å². The first kappa shape index (κ1) is 16.4. The van der Waals surface area contributed by atoms with Crippen LogP contribution in [0.3, 0.4) is 0 Å². The van der Waals surface area contributed by atoms with Crippen LogP contribution in [-0.4, -0.2) is 44.6 Å². The van der Waals surface area contributed by atoms with Crippen molar-refractivity contribution in [3.8, 4) is 0 Å². The number of rotatable bonds is 5. The lowest BCUT2D eigenvalue weighted by molar-refractivity contribution is 0.187. The smallest absolute Gasteiger partial charge is 0.240 e. The minimum Gasteiger partial charge on any atom is -0.392 e. The topological polar surface area (TPSA) is 69.6 Å². The second-order valence-electron chi connectivity index (χ2n) is 5.73. The molecule has 1 atom stereocenters. The van der Waals surface area contributed by atoms with Crippen LogP contribution < -0.4 is 4.72 Å². The summed E-state index contributed by atoms with van der Waals surface area (Å²) in [6, 6.07) is 5.12. The summed E-state index contributed by atoms with van der Waals surface area (Å²) in [5, 5.41) is 9.26. The van der Waals surface area contributed by atoms with Crippen LogP contribution in [0.25, 0.3) is 0 Å². The highest BCUT2D eigenvalue weighted by molar-refractivity contribution is 7.89. The van der Waals surface area contributed by atoms with Gasteiger partial charge < -0.3 is 10.0 Å². The lowest BCUT2D eigenvalue weighted by atomic mass is 10.0. The molecule has 0 amide bonds. The fourth-order valence-electron chi connectivity index (χ4n) is 2.68. The van der Waals surface area contributed by atoms with Gasteiger partial charge in [-0.15, -0.1) is 0 Å². The van der Waals surface area contributed by atoms with Gasteiger partial charge in [0.1, 0.15) is 0 Å². The van der Waals surface area contributed by atoms with E-state index in [0.29, 0.717) is 12.1 Å². The summed E-state index contributed by atoms with van der Waals surface area (Å²) in [5.74, 6) is 0. The molecule has 1 aromatic rings. The normalized spacial score (nSPS) is 20.6. The molecule has 1 fully saturated rings. The van der Waals surface area contributed by atoms with Gasteiger partial charge in [0.25, 0.3) is 0 Å². The number of likely N-dealkylation sites (N-methyl/N-ethyl adjacent to an activating group) is 1. The van der Waals surface area contributed by atoms with Crippen molar-refractivity contribution in [1.29, 1.82) is 0 Å². The Morgan fingerprint density at radius 2 is 2.14 bits per heavy atom. The van der Waals surface area contributed by atoms with Gasteiger partial charge in [-0.05, 0) is 56.6 Å². The second-order valence-corrected chi connectivity index (χ2v) is 7.50. The van der Waals surface area contributed by atoms with Crippen LogP contribution in [0.4, 0.5) is 0 Å².